The Labute approximate surface area is 91.1 Å². The maximum Gasteiger partial charge on any atom is 0.144 e. The molecule has 1 rings (SSSR count). The van der Waals surface area contributed by atoms with Crippen molar-refractivity contribution in [3.8, 4) is 0 Å². The summed E-state index contributed by atoms with van der Waals surface area (Å²) in [5.41, 5.74) is 0. The molecule has 0 unspecified atom stereocenters. The van der Waals surface area contributed by atoms with E-state index in [1.165, 1.54) is 0 Å². The zero-order valence-electron chi connectivity index (χ0n) is 9.44. The normalized spacial score (nSPS) is 10.6. The number of nitrogens with one attached hydrogen (secondary N) is 1. The molecule has 4 nitrogen and oxygen atoms in total. The molecule has 0 radical (unpaired) electrons. The van der Waals surface area contributed by atoms with E-state index in [4.69, 9.17) is 4.74 Å². The molecule has 0 aliphatic carbocycles. The second-order valence-electron chi connectivity index (χ2n) is 3.84. The minimum absolute atomic E-state index is 0.609. The van der Waals surface area contributed by atoms with Crippen LogP contribution in [-0.2, 0) is 4.74 Å². The van der Waals surface area contributed by atoms with Crippen molar-refractivity contribution < 1.29 is 4.74 Å². The van der Waals surface area contributed by atoms with Gasteiger partial charge in [0, 0.05) is 32.2 Å². The van der Waals surface area contributed by atoms with Crippen molar-refractivity contribution in [2.75, 3.05) is 25.1 Å². The number of hydrogen-bond acceptors (Lipinski definition) is 4. The summed E-state index contributed by atoms with van der Waals surface area (Å²) in [4.78, 5) is 8.08. The monoisotopic (exact) mass is 209 g/mol. The highest BCUT2D eigenvalue weighted by Gasteiger charge is 1.94. The zero-order valence-corrected chi connectivity index (χ0v) is 9.44. The summed E-state index contributed by atoms with van der Waals surface area (Å²) in [5.74, 6) is 1.43. The van der Waals surface area contributed by atoms with Crippen LogP contribution < -0.4 is 5.32 Å². The molecule has 0 aliphatic rings. The van der Waals surface area contributed by atoms with Crippen LogP contribution in [0.3, 0.4) is 0 Å². The third-order valence-corrected chi connectivity index (χ3v) is 1.79. The Kier molecular flexibility index (Phi) is 5.70. The first kappa shape index (κ1) is 11.9. The lowest BCUT2D eigenvalue weighted by atomic mass is 10.2. The fourth-order valence-corrected chi connectivity index (χ4v) is 1.10. The van der Waals surface area contributed by atoms with Crippen LogP contribution in [-0.4, -0.2) is 29.7 Å². The summed E-state index contributed by atoms with van der Waals surface area (Å²) in [7, 11) is 0. The molecule has 0 amide bonds. The van der Waals surface area contributed by atoms with Crippen LogP contribution in [0.15, 0.2) is 18.6 Å². The molecular formula is C11H19N3O. The summed E-state index contributed by atoms with van der Waals surface area (Å²) < 4.78 is 5.46. The van der Waals surface area contributed by atoms with Crippen molar-refractivity contribution in [3.63, 3.8) is 0 Å². The van der Waals surface area contributed by atoms with Crippen LogP contribution in [0.4, 0.5) is 5.82 Å². The number of rotatable bonds is 7. The standard InChI is InChI=1S/C11H19N3O/c1-10(2)9-15-7-3-4-13-11-8-12-5-6-14-11/h5-6,8,10H,3-4,7,9H2,1-2H3,(H,13,14). The summed E-state index contributed by atoms with van der Waals surface area (Å²) in [6.45, 7) is 6.81. The molecule has 0 aliphatic heterocycles. The number of ether oxygens (including phenoxy) is 1. The van der Waals surface area contributed by atoms with E-state index in [-0.39, 0.29) is 0 Å². The molecule has 1 N–H and O–H groups in total. The van der Waals surface area contributed by atoms with E-state index in [1.54, 1.807) is 18.6 Å². The van der Waals surface area contributed by atoms with Crippen molar-refractivity contribution in [2.45, 2.75) is 20.3 Å². The molecule has 1 heterocycles. The summed E-state index contributed by atoms with van der Waals surface area (Å²) >= 11 is 0. The summed E-state index contributed by atoms with van der Waals surface area (Å²) in [6, 6.07) is 0. The average Bonchev–Trinajstić information content (AvgIpc) is 2.24. The lowest BCUT2D eigenvalue weighted by Gasteiger charge is -2.07. The van der Waals surface area contributed by atoms with E-state index >= 15 is 0 Å². The fraction of sp³-hybridized carbons (Fsp3) is 0.636. The molecule has 0 aromatic carbocycles. The smallest absolute Gasteiger partial charge is 0.144 e. The highest BCUT2D eigenvalue weighted by Crippen LogP contribution is 1.97. The van der Waals surface area contributed by atoms with Crippen molar-refractivity contribution in [3.05, 3.63) is 18.6 Å². The van der Waals surface area contributed by atoms with Crippen LogP contribution in [0.1, 0.15) is 20.3 Å². The lowest BCUT2D eigenvalue weighted by Crippen LogP contribution is -2.09. The highest BCUT2D eigenvalue weighted by molar-refractivity contribution is 5.29. The number of nitrogens with zero attached hydrogens (tertiary/aromatic N) is 2. The third kappa shape index (κ3) is 6.01. The van der Waals surface area contributed by atoms with E-state index in [0.29, 0.717) is 5.92 Å². The minimum Gasteiger partial charge on any atom is -0.381 e. The third-order valence-electron chi connectivity index (χ3n) is 1.79. The van der Waals surface area contributed by atoms with Gasteiger partial charge in [-0.05, 0) is 12.3 Å². The number of anilines is 1. The molecule has 1 aromatic heterocycles. The second kappa shape index (κ2) is 7.17. The van der Waals surface area contributed by atoms with Gasteiger partial charge in [0.25, 0.3) is 0 Å². The van der Waals surface area contributed by atoms with E-state index in [0.717, 1.165) is 32.0 Å². The van der Waals surface area contributed by atoms with Gasteiger partial charge < -0.3 is 10.1 Å². The van der Waals surface area contributed by atoms with Gasteiger partial charge in [-0.25, -0.2) is 4.98 Å². The molecule has 0 fully saturated rings. The predicted octanol–water partition coefficient (Wildman–Crippen LogP) is 1.95. The topological polar surface area (TPSA) is 47.0 Å². The molecule has 84 valence electrons. The molecule has 0 spiro atoms. The molecule has 0 atom stereocenters. The van der Waals surface area contributed by atoms with Gasteiger partial charge in [-0.3, -0.25) is 4.98 Å². The molecule has 1 aromatic rings. The zero-order chi connectivity index (χ0) is 10.9. The number of hydrogen-bond donors (Lipinski definition) is 1. The first-order valence-corrected chi connectivity index (χ1v) is 5.36. The molecule has 0 saturated heterocycles. The average molecular weight is 209 g/mol. The maximum atomic E-state index is 5.46. The first-order valence-electron chi connectivity index (χ1n) is 5.36. The Morgan fingerprint density at radius 2 is 2.27 bits per heavy atom. The Morgan fingerprint density at radius 1 is 1.40 bits per heavy atom. The Balaban J connectivity index is 1.98. The second-order valence-corrected chi connectivity index (χ2v) is 3.84. The van der Waals surface area contributed by atoms with E-state index in [1.807, 2.05) is 0 Å². The lowest BCUT2D eigenvalue weighted by molar-refractivity contribution is 0.110. The number of aromatic nitrogens is 2. The van der Waals surface area contributed by atoms with Gasteiger partial charge in [0.1, 0.15) is 5.82 Å². The van der Waals surface area contributed by atoms with Gasteiger partial charge in [-0.2, -0.15) is 0 Å². The van der Waals surface area contributed by atoms with Crippen LogP contribution in [0.2, 0.25) is 0 Å². The van der Waals surface area contributed by atoms with Crippen molar-refractivity contribution in [2.24, 2.45) is 5.92 Å². The summed E-state index contributed by atoms with van der Waals surface area (Å²) in [5, 5.41) is 3.18. The largest absolute Gasteiger partial charge is 0.381 e. The van der Waals surface area contributed by atoms with Gasteiger partial charge in [0.2, 0.25) is 0 Å². The van der Waals surface area contributed by atoms with Gasteiger partial charge in [-0.15, -0.1) is 0 Å². The maximum absolute atomic E-state index is 5.46. The summed E-state index contributed by atoms with van der Waals surface area (Å²) in [6.07, 6.45) is 6.05. The highest BCUT2D eigenvalue weighted by atomic mass is 16.5. The Hall–Kier alpha value is -1.16. The van der Waals surface area contributed by atoms with Crippen LogP contribution in [0.25, 0.3) is 0 Å². The van der Waals surface area contributed by atoms with Crippen LogP contribution >= 0.6 is 0 Å². The predicted molar refractivity (Wildman–Crippen MR) is 60.8 cm³/mol. The SMILES string of the molecule is CC(C)COCCCNc1cnccn1. The minimum atomic E-state index is 0.609. The van der Waals surface area contributed by atoms with Crippen LogP contribution in [0, 0.1) is 5.92 Å². The fourth-order valence-electron chi connectivity index (χ4n) is 1.10. The first-order chi connectivity index (χ1) is 7.29. The van der Waals surface area contributed by atoms with E-state index < -0.39 is 0 Å². The molecule has 0 bridgehead atoms. The quantitative estimate of drug-likeness (QED) is 0.697. The van der Waals surface area contributed by atoms with Crippen LogP contribution in [0.5, 0.6) is 0 Å². The Morgan fingerprint density at radius 3 is 2.93 bits per heavy atom. The van der Waals surface area contributed by atoms with Crippen molar-refractivity contribution in [1.29, 1.82) is 0 Å². The van der Waals surface area contributed by atoms with E-state index in [9.17, 15) is 0 Å². The molecule has 0 saturated carbocycles. The van der Waals surface area contributed by atoms with Gasteiger partial charge >= 0.3 is 0 Å². The van der Waals surface area contributed by atoms with Gasteiger partial charge in [-0.1, -0.05) is 13.8 Å². The van der Waals surface area contributed by atoms with Crippen molar-refractivity contribution in [1.82, 2.24) is 9.97 Å². The van der Waals surface area contributed by atoms with Crippen molar-refractivity contribution >= 4 is 5.82 Å². The molecular weight excluding hydrogens is 190 g/mol. The van der Waals surface area contributed by atoms with Gasteiger partial charge in [0.05, 0.1) is 6.20 Å². The van der Waals surface area contributed by atoms with Gasteiger partial charge in [0.15, 0.2) is 0 Å². The molecule has 15 heavy (non-hydrogen) atoms. The van der Waals surface area contributed by atoms with E-state index in [2.05, 4.69) is 29.1 Å². The Bertz CT molecular complexity index is 251. The molecule has 4 heteroatoms.